The molecule has 0 aromatic heterocycles. The molecule has 1 saturated heterocycles. The van der Waals surface area contributed by atoms with E-state index in [2.05, 4.69) is 15.6 Å². The Bertz CT molecular complexity index is 403. The number of guanidine groups is 1. The summed E-state index contributed by atoms with van der Waals surface area (Å²) in [5, 5.41) is 16.7. The van der Waals surface area contributed by atoms with Gasteiger partial charge in [-0.15, -0.1) is 0 Å². The normalized spacial score (nSPS) is 32.8. The van der Waals surface area contributed by atoms with Crippen molar-refractivity contribution in [2.24, 2.45) is 10.9 Å². The molecule has 4 nitrogen and oxygen atoms in total. The highest BCUT2D eigenvalue weighted by atomic mass is 32.2. The van der Waals surface area contributed by atoms with Gasteiger partial charge in [-0.2, -0.15) is 24.9 Å². The molecule has 2 fully saturated rings. The zero-order valence-corrected chi connectivity index (χ0v) is 14.3. The van der Waals surface area contributed by atoms with Crippen LogP contribution < -0.4 is 10.6 Å². The Morgan fingerprint density at radius 1 is 1.30 bits per heavy atom. The number of thioether (sulfide) groups is 1. The molecule has 2 aliphatic rings. The minimum absolute atomic E-state index is 0.0130. The van der Waals surface area contributed by atoms with Gasteiger partial charge in [-0.05, 0) is 44.8 Å². The molecule has 23 heavy (non-hydrogen) atoms. The number of hydrogen-bond donors (Lipinski definition) is 3. The standard InChI is InChI=1S/C15H26F3N3OS/c1-2-19-13(20-9-14(22)7-8-23-10-14)21-12-5-3-11(4-6-12)15(16,17)18/h11-12,22H,2-10H2,1H3,(H2,19,20,21). The fraction of sp³-hybridized carbons (Fsp3) is 0.933. The SMILES string of the molecule is CCNC(=NCC1(O)CCSC1)NC1CCC(C(F)(F)F)CC1. The van der Waals surface area contributed by atoms with Gasteiger partial charge < -0.3 is 15.7 Å². The van der Waals surface area contributed by atoms with Crippen molar-refractivity contribution in [1.29, 1.82) is 0 Å². The smallest absolute Gasteiger partial charge is 0.387 e. The van der Waals surface area contributed by atoms with Crippen LogP contribution in [-0.2, 0) is 0 Å². The summed E-state index contributed by atoms with van der Waals surface area (Å²) in [6.45, 7) is 2.95. The second-order valence-corrected chi connectivity index (χ2v) is 7.56. The number of nitrogens with zero attached hydrogens (tertiary/aromatic N) is 1. The van der Waals surface area contributed by atoms with Crippen molar-refractivity contribution in [3.05, 3.63) is 0 Å². The zero-order chi connectivity index (χ0) is 16.9. The van der Waals surface area contributed by atoms with Gasteiger partial charge in [-0.25, -0.2) is 0 Å². The summed E-state index contributed by atoms with van der Waals surface area (Å²) in [7, 11) is 0. The molecule has 1 aliphatic carbocycles. The van der Waals surface area contributed by atoms with E-state index in [1.54, 1.807) is 11.8 Å². The largest absolute Gasteiger partial charge is 0.391 e. The number of aliphatic hydroxyl groups is 1. The van der Waals surface area contributed by atoms with Crippen molar-refractivity contribution in [3.63, 3.8) is 0 Å². The molecule has 0 radical (unpaired) electrons. The molecule has 0 aromatic rings. The molecular weight excluding hydrogens is 327 g/mol. The van der Waals surface area contributed by atoms with E-state index in [1.807, 2.05) is 6.92 Å². The van der Waals surface area contributed by atoms with Crippen LogP contribution in [0.3, 0.4) is 0 Å². The Morgan fingerprint density at radius 2 is 2.00 bits per heavy atom. The van der Waals surface area contributed by atoms with Crippen LogP contribution in [0.2, 0.25) is 0 Å². The van der Waals surface area contributed by atoms with Crippen molar-refractivity contribution >= 4 is 17.7 Å². The minimum Gasteiger partial charge on any atom is -0.387 e. The van der Waals surface area contributed by atoms with E-state index in [4.69, 9.17) is 0 Å². The Kier molecular flexibility index (Phi) is 6.48. The van der Waals surface area contributed by atoms with Gasteiger partial charge in [-0.3, -0.25) is 4.99 Å². The summed E-state index contributed by atoms with van der Waals surface area (Å²) in [5.41, 5.74) is -0.749. The lowest BCUT2D eigenvalue weighted by Gasteiger charge is -2.31. The number of rotatable bonds is 4. The van der Waals surface area contributed by atoms with E-state index >= 15 is 0 Å². The molecule has 134 valence electrons. The number of halogens is 3. The van der Waals surface area contributed by atoms with Crippen LogP contribution in [0, 0.1) is 5.92 Å². The van der Waals surface area contributed by atoms with Crippen LogP contribution in [0.25, 0.3) is 0 Å². The fourth-order valence-electron chi connectivity index (χ4n) is 3.03. The van der Waals surface area contributed by atoms with Crippen LogP contribution in [0.15, 0.2) is 4.99 Å². The van der Waals surface area contributed by atoms with Gasteiger partial charge in [0.25, 0.3) is 0 Å². The molecule has 8 heteroatoms. The van der Waals surface area contributed by atoms with Gasteiger partial charge in [0.05, 0.1) is 18.1 Å². The third-order valence-corrected chi connectivity index (χ3v) is 5.72. The Labute approximate surface area is 139 Å². The third-order valence-electron chi connectivity index (χ3n) is 4.49. The number of alkyl halides is 3. The molecule has 0 aromatic carbocycles. The highest BCUT2D eigenvalue weighted by molar-refractivity contribution is 7.99. The van der Waals surface area contributed by atoms with Gasteiger partial charge in [0.1, 0.15) is 0 Å². The number of aliphatic imine (C=N–C) groups is 1. The molecule has 1 heterocycles. The van der Waals surface area contributed by atoms with Crippen LogP contribution in [0.4, 0.5) is 13.2 Å². The molecule has 0 bridgehead atoms. The molecular formula is C15H26F3N3OS. The van der Waals surface area contributed by atoms with Crippen LogP contribution in [-0.4, -0.2) is 53.5 Å². The summed E-state index contributed by atoms with van der Waals surface area (Å²) in [6.07, 6.45) is -2.02. The Balaban J connectivity index is 1.85. The van der Waals surface area contributed by atoms with Gasteiger partial charge in [-0.1, -0.05) is 0 Å². The first kappa shape index (κ1) is 18.7. The summed E-state index contributed by atoms with van der Waals surface area (Å²) in [5.74, 6) is 1.05. The van der Waals surface area contributed by atoms with E-state index in [1.165, 1.54) is 0 Å². The summed E-state index contributed by atoms with van der Waals surface area (Å²) >= 11 is 1.72. The van der Waals surface area contributed by atoms with Crippen LogP contribution in [0.1, 0.15) is 39.0 Å². The maximum atomic E-state index is 12.7. The van der Waals surface area contributed by atoms with E-state index < -0.39 is 17.7 Å². The predicted molar refractivity (Wildman–Crippen MR) is 87.8 cm³/mol. The first-order chi connectivity index (χ1) is 10.8. The highest BCUT2D eigenvalue weighted by Gasteiger charge is 2.41. The monoisotopic (exact) mass is 353 g/mol. The summed E-state index contributed by atoms with van der Waals surface area (Å²) in [6, 6.07) is 0.0130. The van der Waals surface area contributed by atoms with Gasteiger partial charge in [0.2, 0.25) is 0 Å². The number of nitrogens with one attached hydrogen (secondary N) is 2. The van der Waals surface area contributed by atoms with Crippen molar-refractivity contribution in [2.45, 2.75) is 56.8 Å². The quantitative estimate of drug-likeness (QED) is 0.537. The zero-order valence-electron chi connectivity index (χ0n) is 13.5. The van der Waals surface area contributed by atoms with Gasteiger partial charge in [0, 0.05) is 18.3 Å². The van der Waals surface area contributed by atoms with Gasteiger partial charge in [0.15, 0.2) is 5.96 Å². The Hall–Kier alpha value is -0.630. The maximum absolute atomic E-state index is 12.7. The fourth-order valence-corrected chi connectivity index (χ4v) is 4.31. The molecule has 1 atom stereocenters. The molecule has 1 saturated carbocycles. The average molecular weight is 353 g/mol. The average Bonchev–Trinajstić information content (AvgIpc) is 2.92. The van der Waals surface area contributed by atoms with E-state index in [9.17, 15) is 18.3 Å². The van der Waals surface area contributed by atoms with Gasteiger partial charge >= 0.3 is 6.18 Å². The van der Waals surface area contributed by atoms with E-state index in [0.29, 0.717) is 37.6 Å². The molecule has 1 aliphatic heterocycles. The van der Waals surface area contributed by atoms with Crippen LogP contribution >= 0.6 is 11.8 Å². The maximum Gasteiger partial charge on any atom is 0.391 e. The topological polar surface area (TPSA) is 56.7 Å². The lowest BCUT2D eigenvalue weighted by molar-refractivity contribution is -0.182. The molecule has 3 N–H and O–H groups in total. The summed E-state index contributed by atoms with van der Waals surface area (Å²) in [4.78, 5) is 4.44. The molecule has 1 unspecified atom stereocenters. The van der Waals surface area contributed by atoms with E-state index in [-0.39, 0.29) is 18.9 Å². The number of hydrogen-bond acceptors (Lipinski definition) is 3. The second-order valence-electron chi connectivity index (χ2n) is 6.46. The Morgan fingerprint density at radius 3 is 2.52 bits per heavy atom. The predicted octanol–water partition coefficient (Wildman–Crippen LogP) is 2.53. The van der Waals surface area contributed by atoms with Crippen LogP contribution in [0.5, 0.6) is 0 Å². The second kappa shape index (κ2) is 7.96. The van der Waals surface area contributed by atoms with Crippen molar-refractivity contribution in [1.82, 2.24) is 10.6 Å². The van der Waals surface area contributed by atoms with Crippen molar-refractivity contribution in [2.75, 3.05) is 24.6 Å². The lowest BCUT2D eigenvalue weighted by Crippen LogP contribution is -2.46. The third kappa shape index (κ3) is 5.74. The summed E-state index contributed by atoms with van der Waals surface area (Å²) < 4.78 is 38.1. The molecule has 2 rings (SSSR count). The molecule has 0 amide bonds. The minimum atomic E-state index is -4.08. The first-order valence-corrected chi connectivity index (χ1v) is 9.39. The van der Waals surface area contributed by atoms with Crippen molar-refractivity contribution in [3.8, 4) is 0 Å². The first-order valence-electron chi connectivity index (χ1n) is 8.24. The molecule has 0 spiro atoms. The highest BCUT2D eigenvalue weighted by Crippen LogP contribution is 2.37. The van der Waals surface area contributed by atoms with E-state index in [0.717, 1.165) is 12.2 Å². The van der Waals surface area contributed by atoms with Crippen molar-refractivity contribution < 1.29 is 18.3 Å². The lowest BCUT2D eigenvalue weighted by atomic mass is 9.85.